The average Bonchev–Trinajstić information content (AvgIpc) is 2.90. The third-order valence-electron chi connectivity index (χ3n) is 3.88. The lowest BCUT2D eigenvalue weighted by Crippen LogP contribution is -2.33. The van der Waals surface area contributed by atoms with Gasteiger partial charge in [-0.05, 0) is 43.0 Å². The van der Waals surface area contributed by atoms with E-state index in [-0.39, 0.29) is 5.91 Å². The SMILES string of the molecule is CC(C)c1cccc(N(C)C(=O)CC2CCCN2)c1. The molecule has 1 atom stereocenters. The molecule has 104 valence electrons. The van der Waals surface area contributed by atoms with E-state index in [1.54, 1.807) is 4.90 Å². The molecule has 3 heteroatoms. The maximum Gasteiger partial charge on any atom is 0.228 e. The molecule has 1 N–H and O–H groups in total. The Hall–Kier alpha value is -1.35. The molecule has 0 bridgehead atoms. The number of amides is 1. The van der Waals surface area contributed by atoms with Crippen molar-refractivity contribution in [3.05, 3.63) is 29.8 Å². The molecule has 1 unspecified atom stereocenters. The molecule has 19 heavy (non-hydrogen) atoms. The third-order valence-corrected chi connectivity index (χ3v) is 3.88. The summed E-state index contributed by atoms with van der Waals surface area (Å²) in [6.07, 6.45) is 2.90. The van der Waals surface area contributed by atoms with Crippen LogP contribution in [0.1, 0.15) is 44.6 Å². The minimum atomic E-state index is 0.195. The molecule has 1 aromatic carbocycles. The van der Waals surface area contributed by atoms with E-state index in [1.807, 2.05) is 19.2 Å². The van der Waals surface area contributed by atoms with Crippen molar-refractivity contribution >= 4 is 11.6 Å². The summed E-state index contributed by atoms with van der Waals surface area (Å²) in [5, 5.41) is 3.38. The first-order chi connectivity index (χ1) is 9.08. The molecule has 0 spiro atoms. The highest BCUT2D eigenvalue weighted by molar-refractivity contribution is 5.93. The number of carbonyl (C=O) groups is 1. The lowest BCUT2D eigenvalue weighted by atomic mass is 10.0. The van der Waals surface area contributed by atoms with Crippen molar-refractivity contribution in [1.29, 1.82) is 0 Å². The lowest BCUT2D eigenvalue weighted by molar-refractivity contribution is -0.118. The van der Waals surface area contributed by atoms with E-state index in [4.69, 9.17) is 0 Å². The van der Waals surface area contributed by atoms with Gasteiger partial charge in [0.2, 0.25) is 5.91 Å². The summed E-state index contributed by atoms with van der Waals surface area (Å²) in [5.74, 6) is 0.681. The van der Waals surface area contributed by atoms with Gasteiger partial charge in [0.25, 0.3) is 0 Å². The van der Waals surface area contributed by atoms with Gasteiger partial charge in [0, 0.05) is 25.2 Å². The van der Waals surface area contributed by atoms with E-state index in [9.17, 15) is 4.79 Å². The van der Waals surface area contributed by atoms with Gasteiger partial charge >= 0.3 is 0 Å². The van der Waals surface area contributed by atoms with Crippen LogP contribution in [-0.2, 0) is 4.79 Å². The van der Waals surface area contributed by atoms with E-state index in [0.29, 0.717) is 18.4 Å². The Labute approximate surface area is 116 Å². The smallest absolute Gasteiger partial charge is 0.228 e. The molecule has 1 aromatic rings. The van der Waals surface area contributed by atoms with Crippen molar-refractivity contribution in [1.82, 2.24) is 5.32 Å². The predicted molar refractivity (Wildman–Crippen MR) is 79.6 cm³/mol. The molecule has 1 saturated heterocycles. The number of benzene rings is 1. The third kappa shape index (κ3) is 3.57. The molecule has 1 aliphatic rings. The van der Waals surface area contributed by atoms with Crippen LogP contribution in [0, 0.1) is 0 Å². The molecule has 0 aliphatic carbocycles. The summed E-state index contributed by atoms with van der Waals surface area (Å²) in [4.78, 5) is 14.1. The molecule has 1 aliphatic heterocycles. The van der Waals surface area contributed by atoms with Crippen molar-refractivity contribution < 1.29 is 4.79 Å². The van der Waals surface area contributed by atoms with Crippen LogP contribution in [0.2, 0.25) is 0 Å². The number of carbonyl (C=O) groups excluding carboxylic acids is 1. The normalized spacial score (nSPS) is 18.8. The van der Waals surface area contributed by atoms with Gasteiger partial charge in [-0.1, -0.05) is 26.0 Å². The summed E-state index contributed by atoms with van der Waals surface area (Å²) >= 11 is 0. The average molecular weight is 260 g/mol. The second-order valence-corrected chi connectivity index (χ2v) is 5.70. The maximum atomic E-state index is 12.3. The van der Waals surface area contributed by atoms with Crippen LogP contribution in [-0.4, -0.2) is 25.5 Å². The molecule has 0 saturated carbocycles. The Kier molecular flexibility index (Phi) is 4.59. The van der Waals surface area contributed by atoms with Crippen LogP contribution in [0.4, 0.5) is 5.69 Å². The second-order valence-electron chi connectivity index (χ2n) is 5.70. The minimum absolute atomic E-state index is 0.195. The first-order valence-corrected chi connectivity index (χ1v) is 7.18. The lowest BCUT2D eigenvalue weighted by Gasteiger charge is -2.21. The second kappa shape index (κ2) is 6.20. The Balaban J connectivity index is 2.03. The molecule has 2 rings (SSSR count). The largest absolute Gasteiger partial charge is 0.315 e. The van der Waals surface area contributed by atoms with Gasteiger partial charge in [0.1, 0.15) is 0 Å². The van der Waals surface area contributed by atoms with E-state index < -0.39 is 0 Å². The Morgan fingerprint density at radius 3 is 2.89 bits per heavy atom. The molecular formula is C16H24N2O. The summed E-state index contributed by atoms with van der Waals surface area (Å²) in [5.41, 5.74) is 2.27. The van der Waals surface area contributed by atoms with E-state index in [1.165, 1.54) is 12.0 Å². The number of hydrogen-bond acceptors (Lipinski definition) is 2. The van der Waals surface area contributed by atoms with Crippen molar-refractivity contribution in [2.75, 3.05) is 18.5 Å². The van der Waals surface area contributed by atoms with Gasteiger partial charge < -0.3 is 10.2 Å². The number of nitrogens with zero attached hydrogens (tertiary/aromatic N) is 1. The number of nitrogens with one attached hydrogen (secondary N) is 1. The monoisotopic (exact) mass is 260 g/mol. The van der Waals surface area contributed by atoms with Crippen LogP contribution in [0.3, 0.4) is 0 Å². The quantitative estimate of drug-likeness (QED) is 0.902. The van der Waals surface area contributed by atoms with E-state index in [0.717, 1.165) is 18.7 Å². The zero-order valence-corrected chi connectivity index (χ0v) is 12.1. The zero-order chi connectivity index (χ0) is 13.8. The Morgan fingerprint density at radius 2 is 2.26 bits per heavy atom. The van der Waals surface area contributed by atoms with Gasteiger partial charge in [-0.15, -0.1) is 0 Å². The fourth-order valence-electron chi connectivity index (χ4n) is 2.52. The highest BCUT2D eigenvalue weighted by Gasteiger charge is 2.20. The Bertz CT molecular complexity index is 436. The Morgan fingerprint density at radius 1 is 1.47 bits per heavy atom. The molecule has 1 heterocycles. The van der Waals surface area contributed by atoms with E-state index >= 15 is 0 Å². The van der Waals surface area contributed by atoms with Crippen LogP contribution in [0.25, 0.3) is 0 Å². The highest BCUT2D eigenvalue weighted by Crippen LogP contribution is 2.22. The molecular weight excluding hydrogens is 236 g/mol. The fraction of sp³-hybridized carbons (Fsp3) is 0.562. The summed E-state index contributed by atoms with van der Waals surface area (Å²) in [6, 6.07) is 8.63. The minimum Gasteiger partial charge on any atom is -0.315 e. The molecule has 0 radical (unpaired) electrons. The number of hydrogen-bond donors (Lipinski definition) is 1. The van der Waals surface area contributed by atoms with Crippen molar-refractivity contribution in [2.24, 2.45) is 0 Å². The topological polar surface area (TPSA) is 32.3 Å². The first-order valence-electron chi connectivity index (χ1n) is 7.18. The van der Waals surface area contributed by atoms with Crippen molar-refractivity contribution in [3.8, 4) is 0 Å². The fourth-order valence-corrected chi connectivity index (χ4v) is 2.52. The standard InChI is InChI=1S/C16H24N2O/c1-12(2)13-6-4-8-15(10-13)18(3)16(19)11-14-7-5-9-17-14/h4,6,8,10,12,14,17H,5,7,9,11H2,1-3H3. The summed E-state index contributed by atoms with van der Waals surface area (Å²) in [7, 11) is 1.87. The first kappa shape index (κ1) is 14.1. The summed E-state index contributed by atoms with van der Waals surface area (Å²) in [6.45, 7) is 5.39. The van der Waals surface area contributed by atoms with Crippen LogP contribution < -0.4 is 10.2 Å². The van der Waals surface area contributed by atoms with Crippen LogP contribution in [0.15, 0.2) is 24.3 Å². The number of anilines is 1. The highest BCUT2D eigenvalue weighted by atomic mass is 16.2. The van der Waals surface area contributed by atoms with Gasteiger partial charge in [-0.2, -0.15) is 0 Å². The molecule has 1 amide bonds. The molecule has 3 nitrogen and oxygen atoms in total. The molecule has 1 fully saturated rings. The number of rotatable bonds is 4. The van der Waals surface area contributed by atoms with Gasteiger partial charge in [-0.3, -0.25) is 4.79 Å². The van der Waals surface area contributed by atoms with Crippen molar-refractivity contribution in [3.63, 3.8) is 0 Å². The van der Waals surface area contributed by atoms with Gasteiger partial charge in [0.05, 0.1) is 0 Å². The zero-order valence-electron chi connectivity index (χ0n) is 12.1. The maximum absolute atomic E-state index is 12.3. The van der Waals surface area contributed by atoms with Gasteiger partial charge in [-0.25, -0.2) is 0 Å². The molecule has 0 aromatic heterocycles. The summed E-state index contributed by atoms with van der Waals surface area (Å²) < 4.78 is 0. The van der Waals surface area contributed by atoms with Crippen molar-refractivity contribution in [2.45, 2.75) is 45.1 Å². The predicted octanol–water partition coefficient (Wildman–Crippen LogP) is 2.91. The van der Waals surface area contributed by atoms with Crippen LogP contribution in [0.5, 0.6) is 0 Å². The van der Waals surface area contributed by atoms with E-state index in [2.05, 4.69) is 31.3 Å². The van der Waals surface area contributed by atoms with Crippen LogP contribution >= 0.6 is 0 Å². The van der Waals surface area contributed by atoms with Gasteiger partial charge in [0.15, 0.2) is 0 Å².